The molecule has 0 saturated heterocycles. The van der Waals surface area contributed by atoms with Gasteiger partial charge in [0.05, 0.1) is 17.1 Å². The number of ether oxygens (including phenoxy) is 1. The second kappa shape index (κ2) is 9.06. The number of carbonyl (C=O) groups excluding carboxylic acids is 1. The number of Topliss-reactive ketones (excluding diaryl/α,β-unsaturated/α-hetero) is 1. The lowest BCUT2D eigenvalue weighted by molar-refractivity contribution is 0.0967. The van der Waals surface area contributed by atoms with E-state index in [0.717, 1.165) is 16.2 Å². The molecule has 0 fully saturated rings. The highest BCUT2D eigenvalue weighted by atomic mass is 32.2. The topological polar surface area (TPSA) is 75.2 Å². The van der Waals surface area contributed by atoms with E-state index in [1.54, 1.807) is 24.3 Å². The van der Waals surface area contributed by atoms with Gasteiger partial charge < -0.3 is 14.8 Å². The van der Waals surface area contributed by atoms with Crippen LogP contribution in [0.3, 0.4) is 0 Å². The number of benzene rings is 2. The molecule has 27 heavy (non-hydrogen) atoms. The number of ketones is 1. The molecule has 2 aromatic carbocycles. The van der Waals surface area contributed by atoms with E-state index in [1.165, 1.54) is 11.8 Å². The fraction of sp³-hybridized carbons (Fsp3) is 0.333. The van der Waals surface area contributed by atoms with Crippen molar-refractivity contribution in [3.05, 3.63) is 54.1 Å². The third-order valence-corrected chi connectivity index (χ3v) is 5.01. The Labute approximate surface area is 163 Å². The minimum absolute atomic E-state index is 0.138. The minimum Gasteiger partial charge on any atom is -0.491 e. The Bertz CT molecular complexity index is 857. The number of aromatic amines is 1. The Morgan fingerprint density at radius 3 is 2.63 bits per heavy atom. The summed E-state index contributed by atoms with van der Waals surface area (Å²) < 4.78 is 5.63. The summed E-state index contributed by atoms with van der Waals surface area (Å²) in [5, 5.41) is 10.9. The molecule has 3 rings (SSSR count). The van der Waals surface area contributed by atoms with Gasteiger partial charge in [0.25, 0.3) is 0 Å². The zero-order valence-corrected chi connectivity index (χ0v) is 16.3. The Morgan fingerprint density at radius 1 is 1.19 bits per heavy atom. The van der Waals surface area contributed by atoms with Crippen LogP contribution in [0.4, 0.5) is 0 Å². The van der Waals surface area contributed by atoms with Crippen LogP contribution in [0.5, 0.6) is 5.75 Å². The van der Waals surface area contributed by atoms with Crippen molar-refractivity contribution in [2.45, 2.75) is 31.5 Å². The van der Waals surface area contributed by atoms with Gasteiger partial charge in [0.1, 0.15) is 12.4 Å². The number of rotatable bonds is 9. The number of hydrogen-bond donors (Lipinski definition) is 2. The summed E-state index contributed by atoms with van der Waals surface area (Å²) in [5.41, 5.74) is 2.59. The fourth-order valence-corrected chi connectivity index (χ4v) is 3.43. The normalized spacial score (nSPS) is 12.4. The average molecular weight is 385 g/mol. The van der Waals surface area contributed by atoms with Crippen molar-refractivity contribution in [2.24, 2.45) is 5.92 Å². The van der Waals surface area contributed by atoms with Crippen LogP contribution in [0.25, 0.3) is 11.0 Å². The number of aliphatic hydroxyl groups excluding tert-OH is 1. The first kappa shape index (κ1) is 19.5. The average Bonchev–Trinajstić information content (AvgIpc) is 3.07. The summed E-state index contributed by atoms with van der Waals surface area (Å²) in [7, 11) is 0. The zero-order chi connectivity index (χ0) is 19.2. The molecule has 0 amide bonds. The van der Waals surface area contributed by atoms with Gasteiger partial charge in [-0.2, -0.15) is 0 Å². The van der Waals surface area contributed by atoms with Crippen LogP contribution in [-0.2, 0) is 0 Å². The van der Waals surface area contributed by atoms with Crippen molar-refractivity contribution < 1.29 is 14.6 Å². The smallest absolute Gasteiger partial charge is 0.166 e. The molecule has 3 aromatic rings. The van der Waals surface area contributed by atoms with Gasteiger partial charge in [-0.05, 0) is 42.3 Å². The third kappa shape index (κ3) is 5.58. The lowest BCUT2D eigenvalue weighted by Gasteiger charge is -2.12. The molecule has 1 aromatic heterocycles. The van der Waals surface area contributed by atoms with E-state index >= 15 is 0 Å². The van der Waals surface area contributed by atoms with Crippen molar-refractivity contribution in [3.63, 3.8) is 0 Å². The summed E-state index contributed by atoms with van der Waals surface area (Å²) in [6, 6.07) is 14.9. The van der Waals surface area contributed by atoms with Crippen LogP contribution in [0, 0.1) is 5.92 Å². The molecule has 1 heterocycles. The standard InChI is InChI=1S/C21H24N2O3S/c1-14(2)11-20(25)15-7-9-17(10-8-15)26-12-16(24)13-27-21-22-18-5-3-4-6-19(18)23-21/h3-10,14,16,24H,11-13H2,1-2H3,(H,22,23). The van der Waals surface area contributed by atoms with Crippen LogP contribution < -0.4 is 4.74 Å². The quantitative estimate of drug-likeness (QED) is 0.424. The highest BCUT2D eigenvalue weighted by molar-refractivity contribution is 7.99. The molecule has 1 atom stereocenters. The van der Waals surface area contributed by atoms with Gasteiger partial charge in [-0.15, -0.1) is 0 Å². The van der Waals surface area contributed by atoms with E-state index in [2.05, 4.69) is 9.97 Å². The number of para-hydroxylation sites is 2. The van der Waals surface area contributed by atoms with Gasteiger partial charge >= 0.3 is 0 Å². The molecule has 0 aliphatic heterocycles. The highest BCUT2D eigenvalue weighted by Gasteiger charge is 2.11. The number of carbonyl (C=O) groups is 1. The van der Waals surface area contributed by atoms with Crippen LogP contribution in [0.15, 0.2) is 53.7 Å². The van der Waals surface area contributed by atoms with Gasteiger partial charge in [-0.1, -0.05) is 37.7 Å². The second-order valence-corrected chi connectivity index (χ2v) is 7.89. The van der Waals surface area contributed by atoms with Gasteiger partial charge in [-0.3, -0.25) is 4.79 Å². The molecular formula is C21H24N2O3S. The molecule has 1 unspecified atom stereocenters. The lowest BCUT2D eigenvalue weighted by Crippen LogP contribution is -2.20. The SMILES string of the molecule is CC(C)CC(=O)c1ccc(OCC(O)CSc2nc3ccccc3[nH]2)cc1. The first-order valence-corrected chi connectivity index (χ1v) is 10.0. The Morgan fingerprint density at radius 2 is 1.93 bits per heavy atom. The van der Waals surface area contributed by atoms with E-state index in [-0.39, 0.29) is 12.4 Å². The van der Waals surface area contributed by atoms with E-state index in [1.807, 2.05) is 38.1 Å². The maximum Gasteiger partial charge on any atom is 0.166 e. The number of imidazole rings is 1. The number of aromatic nitrogens is 2. The molecule has 0 spiro atoms. The largest absolute Gasteiger partial charge is 0.491 e. The maximum absolute atomic E-state index is 12.0. The van der Waals surface area contributed by atoms with Crippen molar-refractivity contribution >= 4 is 28.6 Å². The number of thioether (sulfide) groups is 1. The first-order valence-electron chi connectivity index (χ1n) is 9.03. The maximum atomic E-state index is 12.0. The number of hydrogen-bond acceptors (Lipinski definition) is 5. The lowest BCUT2D eigenvalue weighted by atomic mass is 10.0. The number of nitrogens with zero attached hydrogens (tertiary/aromatic N) is 1. The highest BCUT2D eigenvalue weighted by Crippen LogP contribution is 2.20. The van der Waals surface area contributed by atoms with Crippen molar-refractivity contribution in [1.82, 2.24) is 9.97 Å². The van der Waals surface area contributed by atoms with Gasteiger partial charge in [-0.25, -0.2) is 4.98 Å². The van der Waals surface area contributed by atoms with E-state index in [9.17, 15) is 9.90 Å². The number of fused-ring (bicyclic) bond motifs is 1. The number of aliphatic hydroxyl groups is 1. The number of nitrogens with one attached hydrogen (secondary N) is 1. The predicted molar refractivity (Wildman–Crippen MR) is 109 cm³/mol. The summed E-state index contributed by atoms with van der Waals surface area (Å²) in [5.74, 6) is 1.60. The molecule has 2 N–H and O–H groups in total. The molecule has 0 aliphatic rings. The molecule has 0 aliphatic carbocycles. The first-order chi connectivity index (χ1) is 13.0. The van der Waals surface area contributed by atoms with Gasteiger partial charge in [0.15, 0.2) is 10.9 Å². The van der Waals surface area contributed by atoms with Crippen molar-refractivity contribution in [1.29, 1.82) is 0 Å². The second-order valence-electron chi connectivity index (χ2n) is 6.88. The molecule has 5 nitrogen and oxygen atoms in total. The number of H-pyrrole nitrogens is 1. The third-order valence-electron chi connectivity index (χ3n) is 3.99. The summed E-state index contributed by atoms with van der Waals surface area (Å²) >= 11 is 1.46. The summed E-state index contributed by atoms with van der Waals surface area (Å²) in [4.78, 5) is 19.7. The fourth-order valence-electron chi connectivity index (χ4n) is 2.64. The summed E-state index contributed by atoms with van der Waals surface area (Å²) in [6.07, 6.45) is -0.0803. The molecule has 0 radical (unpaired) electrons. The van der Waals surface area contributed by atoms with Gasteiger partial charge in [0.2, 0.25) is 0 Å². The molecular weight excluding hydrogens is 360 g/mol. The Kier molecular flexibility index (Phi) is 6.53. The van der Waals surface area contributed by atoms with Crippen LogP contribution >= 0.6 is 11.8 Å². The molecule has 6 heteroatoms. The monoisotopic (exact) mass is 384 g/mol. The van der Waals surface area contributed by atoms with E-state index < -0.39 is 6.10 Å². The van der Waals surface area contributed by atoms with Crippen LogP contribution in [0.2, 0.25) is 0 Å². The summed E-state index contributed by atoms with van der Waals surface area (Å²) in [6.45, 7) is 4.24. The zero-order valence-electron chi connectivity index (χ0n) is 15.5. The van der Waals surface area contributed by atoms with Gasteiger partial charge in [0, 0.05) is 17.7 Å². The van der Waals surface area contributed by atoms with Crippen molar-refractivity contribution in [3.8, 4) is 5.75 Å². The van der Waals surface area contributed by atoms with Crippen LogP contribution in [-0.4, -0.2) is 39.3 Å². The van der Waals surface area contributed by atoms with Crippen molar-refractivity contribution in [2.75, 3.05) is 12.4 Å². The minimum atomic E-state index is -0.620. The predicted octanol–water partition coefficient (Wildman–Crippen LogP) is 4.32. The van der Waals surface area contributed by atoms with Crippen LogP contribution in [0.1, 0.15) is 30.6 Å². The van der Waals surface area contributed by atoms with E-state index in [0.29, 0.717) is 29.4 Å². The molecule has 142 valence electrons. The molecule has 0 saturated carbocycles. The van der Waals surface area contributed by atoms with E-state index in [4.69, 9.17) is 4.74 Å². The Balaban J connectivity index is 1.45. The molecule has 0 bridgehead atoms. The Hall–Kier alpha value is -2.31.